The molecule has 3 rings (SSSR count). The number of aromatic nitrogens is 3. The van der Waals surface area contributed by atoms with E-state index in [0.29, 0.717) is 6.42 Å². The lowest BCUT2D eigenvalue weighted by Gasteiger charge is -2.14. The number of para-hydroxylation sites is 1. The zero-order valence-corrected chi connectivity index (χ0v) is 13.4. The zero-order valence-electron chi connectivity index (χ0n) is 13.4. The summed E-state index contributed by atoms with van der Waals surface area (Å²) in [5, 5.41) is 8.28. The van der Waals surface area contributed by atoms with E-state index in [9.17, 15) is 4.79 Å². The molecule has 0 aliphatic carbocycles. The van der Waals surface area contributed by atoms with E-state index >= 15 is 0 Å². The Labute approximate surface area is 135 Å². The predicted molar refractivity (Wildman–Crippen MR) is 91.3 cm³/mol. The van der Waals surface area contributed by atoms with Gasteiger partial charge in [0.2, 0.25) is 5.91 Å². The number of carbonyl (C=O) groups excluding carboxylic acids is 1. The molecule has 5 heteroatoms. The van der Waals surface area contributed by atoms with Crippen molar-refractivity contribution in [3.8, 4) is 0 Å². The van der Waals surface area contributed by atoms with Crippen molar-refractivity contribution in [1.29, 1.82) is 0 Å². The Kier molecular flexibility index (Phi) is 4.37. The van der Waals surface area contributed by atoms with Crippen molar-refractivity contribution < 1.29 is 4.79 Å². The normalized spacial score (nSPS) is 12.3. The van der Waals surface area contributed by atoms with Gasteiger partial charge in [-0.3, -0.25) is 9.78 Å². The third-order valence-corrected chi connectivity index (χ3v) is 4.01. The van der Waals surface area contributed by atoms with Gasteiger partial charge in [-0.1, -0.05) is 31.2 Å². The molecule has 5 nitrogen and oxygen atoms in total. The van der Waals surface area contributed by atoms with Crippen LogP contribution in [0.2, 0.25) is 0 Å². The molecular formula is C18H20N4O. The molecule has 1 atom stereocenters. The fourth-order valence-electron chi connectivity index (χ4n) is 2.61. The quantitative estimate of drug-likeness (QED) is 0.783. The van der Waals surface area contributed by atoms with Gasteiger partial charge in [0.15, 0.2) is 0 Å². The third kappa shape index (κ3) is 3.23. The number of rotatable bonds is 5. The van der Waals surface area contributed by atoms with Crippen LogP contribution in [0.15, 0.2) is 48.8 Å². The fourth-order valence-corrected chi connectivity index (χ4v) is 2.61. The first-order valence-corrected chi connectivity index (χ1v) is 7.85. The molecule has 0 saturated carbocycles. The number of fused-ring (bicyclic) bond motifs is 1. The van der Waals surface area contributed by atoms with Crippen LogP contribution < -0.4 is 5.32 Å². The van der Waals surface area contributed by atoms with Crippen LogP contribution in [0.4, 0.5) is 5.82 Å². The number of amides is 1. The first kappa shape index (κ1) is 15.2. The molecule has 1 aromatic carbocycles. The lowest BCUT2D eigenvalue weighted by Crippen LogP contribution is -2.19. The highest BCUT2D eigenvalue weighted by molar-refractivity contribution is 5.94. The van der Waals surface area contributed by atoms with E-state index in [0.717, 1.165) is 28.7 Å². The maximum atomic E-state index is 12.4. The number of benzene rings is 1. The second kappa shape index (κ2) is 6.60. The molecule has 0 aliphatic rings. The molecule has 0 aliphatic heterocycles. The average molecular weight is 308 g/mol. The van der Waals surface area contributed by atoms with Gasteiger partial charge in [0, 0.05) is 17.6 Å². The molecule has 0 saturated heterocycles. The minimum Gasteiger partial charge on any atom is -0.311 e. The Morgan fingerprint density at radius 3 is 2.87 bits per heavy atom. The van der Waals surface area contributed by atoms with Crippen LogP contribution in [-0.4, -0.2) is 20.7 Å². The molecule has 1 N–H and O–H groups in total. The van der Waals surface area contributed by atoms with Crippen LogP contribution >= 0.6 is 0 Å². The number of nitrogens with one attached hydrogen (secondary N) is 1. The van der Waals surface area contributed by atoms with E-state index in [1.165, 1.54) is 0 Å². The van der Waals surface area contributed by atoms with E-state index in [-0.39, 0.29) is 11.9 Å². The number of hydrogen-bond acceptors (Lipinski definition) is 3. The smallest absolute Gasteiger partial charge is 0.230 e. The van der Waals surface area contributed by atoms with Crippen molar-refractivity contribution in [2.24, 2.45) is 0 Å². The molecule has 1 unspecified atom stereocenters. The molecule has 3 aromatic rings. The topological polar surface area (TPSA) is 59.8 Å². The zero-order chi connectivity index (χ0) is 16.2. The van der Waals surface area contributed by atoms with E-state index in [1.54, 1.807) is 12.4 Å². The van der Waals surface area contributed by atoms with E-state index in [1.807, 2.05) is 41.1 Å². The van der Waals surface area contributed by atoms with Gasteiger partial charge >= 0.3 is 0 Å². The van der Waals surface area contributed by atoms with Crippen LogP contribution in [0, 0.1) is 0 Å². The highest BCUT2D eigenvalue weighted by atomic mass is 16.1. The highest BCUT2D eigenvalue weighted by Gasteiger charge is 2.13. The van der Waals surface area contributed by atoms with Gasteiger partial charge in [0.05, 0.1) is 24.2 Å². The second-order valence-electron chi connectivity index (χ2n) is 5.64. The summed E-state index contributed by atoms with van der Waals surface area (Å²) in [5.74, 6) is 0.672. The number of pyridine rings is 1. The van der Waals surface area contributed by atoms with Gasteiger partial charge in [-0.25, -0.2) is 4.68 Å². The molecule has 2 aromatic heterocycles. The highest BCUT2D eigenvalue weighted by Crippen LogP contribution is 2.19. The van der Waals surface area contributed by atoms with Gasteiger partial charge in [0.1, 0.15) is 5.82 Å². The summed E-state index contributed by atoms with van der Waals surface area (Å²) in [5.41, 5.74) is 1.80. The lowest BCUT2D eigenvalue weighted by atomic mass is 10.1. The van der Waals surface area contributed by atoms with Crippen LogP contribution in [0.1, 0.15) is 31.9 Å². The number of hydrogen-bond donors (Lipinski definition) is 1. The Morgan fingerprint density at radius 1 is 1.22 bits per heavy atom. The maximum Gasteiger partial charge on any atom is 0.230 e. The van der Waals surface area contributed by atoms with Crippen LogP contribution in [0.25, 0.3) is 10.9 Å². The average Bonchev–Trinajstić information content (AvgIpc) is 3.02. The summed E-state index contributed by atoms with van der Waals surface area (Å²) in [6, 6.07) is 11.9. The van der Waals surface area contributed by atoms with Gasteiger partial charge < -0.3 is 5.32 Å². The van der Waals surface area contributed by atoms with Crippen molar-refractivity contribution >= 4 is 22.6 Å². The summed E-state index contributed by atoms with van der Waals surface area (Å²) in [7, 11) is 0. The summed E-state index contributed by atoms with van der Waals surface area (Å²) in [4.78, 5) is 16.8. The Bertz CT molecular complexity index is 819. The van der Waals surface area contributed by atoms with Gasteiger partial charge in [-0.2, -0.15) is 5.10 Å². The third-order valence-electron chi connectivity index (χ3n) is 4.01. The molecule has 23 heavy (non-hydrogen) atoms. The second-order valence-corrected chi connectivity index (χ2v) is 5.64. The summed E-state index contributed by atoms with van der Waals surface area (Å²) in [6.45, 7) is 4.18. The van der Waals surface area contributed by atoms with Crippen LogP contribution in [-0.2, 0) is 11.2 Å². The van der Waals surface area contributed by atoms with Crippen molar-refractivity contribution in [1.82, 2.24) is 14.8 Å². The molecule has 2 heterocycles. The van der Waals surface area contributed by atoms with Crippen molar-refractivity contribution in [2.75, 3.05) is 5.32 Å². The Morgan fingerprint density at radius 2 is 2.04 bits per heavy atom. The molecular weight excluding hydrogens is 288 g/mol. The number of carbonyl (C=O) groups is 1. The minimum atomic E-state index is -0.0618. The largest absolute Gasteiger partial charge is 0.311 e. The van der Waals surface area contributed by atoms with E-state index < -0.39 is 0 Å². The SMILES string of the molecule is CCC(C)n1nccc1NC(=O)Cc1cccc2cccnc12. The Balaban J connectivity index is 1.78. The standard InChI is InChI=1S/C18H20N4O/c1-3-13(2)22-16(9-11-20-22)21-17(23)12-15-7-4-6-14-8-5-10-19-18(14)15/h4-11,13H,3,12H2,1-2H3,(H,21,23). The van der Waals surface area contributed by atoms with E-state index in [2.05, 4.69) is 29.2 Å². The van der Waals surface area contributed by atoms with Gasteiger partial charge in [-0.05, 0) is 25.0 Å². The van der Waals surface area contributed by atoms with Crippen LogP contribution in [0.3, 0.4) is 0 Å². The van der Waals surface area contributed by atoms with Gasteiger partial charge in [0.25, 0.3) is 0 Å². The van der Waals surface area contributed by atoms with Crippen LogP contribution in [0.5, 0.6) is 0 Å². The first-order chi connectivity index (χ1) is 11.2. The number of anilines is 1. The monoisotopic (exact) mass is 308 g/mol. The molecule has 0 fully saturated rings. The van der Waals surface area contributed by atoms with Crippen molar-refractivity contribution in [3.05, 3.63) is 54.4 Å². The van der Waals surface area contributed by atoms with Crippen molar-refractivity contribution in [3.63, 3.8) is 0 Å². The summed E-state index contributed by atoms with van der Waals surface area (Å²) < 4.78 is 1.85. The van der Waals surface area contributed by atoms with E-state index in [4.69, 9.17) is 0 Å². The Hall–Kier alpha value is -2.69. The van der Waals surface area contributed by atoms with Gasteiger partial charge in [-0.15, -0.1) is 0 Å². The summed E-state index contributed by atoms with van der Waals surface area (Å²) >= 11 is 0. The molecule has 0 bridgehead atoms. The first-order valence-electron chi connectivity index (χ1n) is 7.85. The molecule has 0 spiro atoms. The molecule has 1 amide bonds. The summed E-state index contributed by atoms with van der Waals surface area (Å²) in [6.07, 6.45) is 4.71. The van der Waals surface area contributed by atoms with Crippen molar-refractivity contribution in [2.45, 2.75) is 32.7 Å². The lowest BCUT2D eigenvalue weighted by molar-refractivity contribution is -0.115. The predicted octanol–water partition coefficient (Wildman–Crippen LogP) is 3.58. The molecule has 118 valence electrons. The fraction of sp³-hybridized carbons (Fsp3) is 0.278. The molecule has 0 radical (unpaired) electrons. The minimum absolute atomic E-state index is 0.0618. The maximum absolute atomic E-state index is 12.4. The number of nitrogens with zero attached hydrogens (tertiary/aromatic N) is 3.